The summed E-state index contributed by atoms with van der Waals surface area (Å²) in [4.78, 5) is 26.3. The number of carbonyl (C=O) groups is 2. The number of aromatic nitrogens is 1. The largest absolute Gasteiger partial charge is 0.481 e. The smallest absolute Gasteiger partial charge is 0.307 e. The highest BCUT2D eigenvalue weighted by Gasteiger charge is 2.05. The Labute approximate surface area is 116 Å². The van der Waals surface area contributed by atoms with Crippen molar-refractivity contribution in [3.63, 3.8) is 0 Å². The van der Waals surface area contributed by atoms with Crippen LogP contribution in [0.1, 0.15) is 11.1 Å². The van der Waals surface area contributed by atoms with Crippen LogP contribution >= 0.6 is 0 Å². The minimum absolute atomic E-state index is 0.0239. The number of pyridine rings is 1. The minimum Gasteiger partial charge on any atom is -0.481 e. The standard InChI is InChI=1S/C15H14N2O3/c18-14(8-12-2-1-7-16-10-12)17-13-5-3-11(4-6-13)9-15(19)20/h1-7,10H,8-9H2,(H,17,18)(H,19,20). The Bertz CT molecular complexity index is 594. The second-order valence-corrected chi connectivity index (χ2v) is 4.35. The lowest BCUT2D eigenvalue weighted by atomic mass is 10.1. The van der Waals surface area contributed by atoms with E-state index in [1.165, 1.54) is 0 Å². The predicted octanol–water partition coefficient (Wildman–Crippen LogP) is 1.89. The summed E-state index contributed by atoms with van der Waals surface area (Å²) >= 11 is 0. The molecule has 0 aliphatic carbocycles. The summed E-state index contributed by atoms with van der Waals surface area (Å²) in [7, 11) is 0. The van der Waals surface area contributed by atoms with Crippen LogP contribution in [0.25, 0.3) is 0 Å². The normalized spacial score (nSPS) is 10.0. The summed E-state index contributed by atoms with van der Waals surface area (Å²) in [6, 6.07) is 10.4. The van der Waals surface area contributed by atoms with Gasteiger partial charge >= 0.3 is 5.97 Å². The molecule has 1 amide bonds. The van der Waals surface area contributed by atoms with E-state index in [1.54, 1.807) is 42.7 Å². The monoisotopic (exact) mass is 270 g/mol. The molecule has 0 aliphatic rings. The second kappa shape index (κ2) is 6.47. The Balaban J connectivity index is 1.93. The van der Waals surface area contributed by atoms with Crippen molar-refractivity contribution in [1.82, 2.24) is 4.98 Å². The zero-order valence-electron chi connectivity index (χ0n) is 10.7. The van der Waals surface area contributed by atoms with E-state index in [9.17, 15) is 9.59 Å². The Morgan fingerprint density at radius 1 is 1.05 bits per heavy atom. The number of nitrogens with one attached hydrogen (secondary N) is 1. The Morgan fingerprint density at radius 3 is 2.40 bits per heavy atom. The molecule has 20 heavy (non-hydrogen) atoms. The van der Waals surface area contributed by atoms with Crippen molar-refractivity contribution in [3.05, 3.63) is 59.9 Å². The van der Waals surface area contributed by atoms with E-state index in [2.05, 4.69) is 10.3 Å². The van der Waals surface area contributed by atoms with Gasteiger partial charge in [-0.25, -0.2) is 0 Å². The lowest BCUT2D eigenvalue weighted by Crippen LogP contribution is -2.14. The number of amides is 1. The maximum Gasteiger partial charge on any atom is 0.307 e. The quantitative estimate of drug-likeness (QED) is 0.869. The Morgan fingerprint density at radius 2 is 1.80 bits per heavy atom. The SMILES string of the molecule is O=C(O)Cc1ccc(NC(=O)Cc2cccnc2)cc1. The Kier molecular flexibility index (Phi) is 4.44. The molecule has 0 radical (unpaired) electrons. The summed E-state index contributed by atoms with van der Waals surface area (Å²) in [5, 5.41) is 11.4. The average molecular weight is 270 g/mol. The first kappa shape index (κ1) is 13.7. The number of benzene rings is 1. The summed E-state index contributed by atoms with van der Waals surface area (Å²) in [6.45, 7) is 0. The first-order valence-electron chi connectivity index (χ1n) is 6.13. The summed E-state index contributed by atoms with van der Waals surface area (Å²) < 4.78 is 0. The van der Waals surface area contributed by atoms with Gasteiger partial charge in [-0.3, -0.25) is 14.6 Å². The zero-order valence-corrected chi connectivity index (χ0v) is 10.7. The molecule has 0 aliphatic heterocycles. The van der Waals surface area contributed by atoms with E-state index in [0.717, 1.165) is 5.56 Å². The van der Waals surface area contributed by atoms with Crippen LogP contribution in [0.4, 0.5) is 5.69 Å². The fraction of sp³-hybridized carbons (Fsp3) is 0.133. The third-order valence-corrected chi connectivity index (χ3v) is 2.68. The van der Waals surface area contributed by atoms with Gasteiger partial charge in [0, 0.05) is 18.1 Å². The molecule has 1 aromatic carbocycles. The molecular formula is C15H14N2O3. The number of anilines is 1. The van der Waals surface area contributed by atoms with Crippen molar-refractivity contribution in [1.29, 1.82) is 0 Å². The number of carbonyl (C=O) groups excluding carboxylic acids is 1. The van der Waals surface area contributed by atoms with Crippen molar-refractivity contribution < 1.29 is 14.7 Å². The fourth-order valence-electron chi connectivity index (χ4n) is 1.77. The molecule has 2 rings (SSSR count). The van der Waals surface area contributed by atoms with Crippen LogP contribution in [0.3, 0.4) is 0 Å². The van der Waals surface area contributed by atoms with E-state index < -0.39 is 5.97 Å². The maximum absolute atomic E-state index is 11.8. The molecule has 1 heterocycles. The van der Waals surface area contributed by atoms with Gasteiger partial charge in [0.15, 0.2) is 0 Å². The highest BCUT2D eigenvalue weighted by atomic mass is 16.4. The summed E-state index contributed by atoms with van der Waals surface area (Å²) in [5.41, 5.74) is 2.18. The number of carboxylic acids is 1. The predicted molar refractivity (Wildman–Crippen MR) is 74.4 cm³/mol. The van der Waals surface area contributed by atoms with Gasteiger partial charge in [-0.15, -0.1) is 0 Å². The van der Waals surface area contributed by atoms with Crippen LogP contribution < -0.4 is 5.32 Å². The van der Waals surface area contributed by atoms with E-state index in [4.69, 9.17) is 5.11 Å². The van der Waals surface area contributed by atoms with Crippen molar-refractivity contribution in [2.75, 3.05) is 5.32 Å². The number of hydrogen-bond donors (Lipinski definition) is 2. The van der Waals surface area contributed by atoms with E-state index >= 15 is 0 Å². The molecule has 0 fully saturated rings. The van der Waals surface area contributed by atoms with Gasteiger partial charge < -0.3 is 10.4 Å². The van der Waals surface area contributed by atoms with Gasteiger partial charge in [-0.1, -0.05) is 18.2 Å². The number of rotatable bonds is 5. The fourth-order valence-corrected chi connectivity index (χ4v) is 1.77. The minimum atomic E-state index is -0.877. The molecule has 102 valence electrons. The van der Waals surface area contributed by atoms with Gasteiger partial charge in [0.05, 0.1) is 12.8 Å². The molecule has 2 aromatic rings. The van der Waals surface area contributed by atoms with Crippen LogP contribution in [-0.4, -0.2) is 22.0 Å². The summed E-state index contributed by atoms with van der Waals surface area (Å²) in [6.07, 6.45) is 3.53. The molecule has 5 heteroatoms. The zero-order chi connectivity index (χ0) is 14.4. The molecular weight excluding hydrogens is 256 g/mol. The molecule has 0 atom stereocenters. The molecule has 0 saturated heterocycles. The number of nitrogens with zero attached hydrogens (tertiary/aromatic N) is 1. The van der Waals surface area contributed by atoms with E-state index in [1.807, 2.05) is 6.07 Å². The van der Waals surface area contributed by atoms with Crippen molar-refractivity contribution >= 4 is 17.6 Å². The van der Waals surface area contributed by atoms with E-state index in [-0.39, 0.29) is 18.7 Å². The van der Waals surface area contributed by atoms with Crippen LogP contribution in [0, 0.1) is 0 Å². The highest BCUT2D eigenvalue weighted by molar-refractivity contribution is 5.92. The van der Waals surface area contributed by atoms with Gasteiger partial charge in [0.2, 0.25) is 5.91 Å². The topological polar surface area (TPSA) is 79.3 Å². The van der Waals surface area contributed by atoms with E-state index in [0.29, 0.717) is 11.3 Å². The van der Waals surface area contributed by atoms with Crippen LogP contribution in [0.15, 0.2) is 48.8 Å². The lowest BCUT2D eigenvalue weighted by Gasteiger charge is -2.06. The molecule has 1 aromatic heterocycles. The lowest BCUT2D eigenvalue weighted by molar-refractivity contribution is -0.136. The van der Waals surface area contributed by atoms with Gasteiger partial charge in [0.25, 0.3) is 0 Å². The summed E-state index contributed by atoms with van der Waals surface area (Å²) in [5.74, 6) is -1.01. The van der Waals surface area contributed by atoms with Crippen molar-refractivity contribution in [2.24, 2.45) is 0 Å². The maximum atomic E-state index is 11.8. The number of aliphatic carboxylic acids is 1. The first-order chi connectivity index (χ1) is 9.63. The third kappa shape index (κ3) is 4.20. The Hall–Kier alpha value is -2.69. The van der Waals surface area contributed by atoms with Crippen molar-refractivity contribution in [3.8, 4) is 0 Å². The van der Waals surface area contributed by atoms with Gasteiger partial charge in [-0.05, 0) is 29.3 Å². The second-order valence-electron chi connectivity index (χ2n) is 4.35. The molecule has 5 nitrogen and oxygen atoms in total. The van der Waals surface area contributed by atoms with Gasteiger partial charge in [0.1, 0.15) is 0 Å². The van der Waals surface area contributed by atoms with Crippen LogP contribution in [0.2, 0.25) is 0 Å². The molecule has 2 N–H and O–H groups in total. The van der Waals surface area contributed by atoms with Crippen LogP contribution in [0.5, 0.6) is 0 Å². The number of carboxylic acid groups (broad SMARTS) is 1. The van der Waals surface area contributed by atoms with Crippen molar-refractivity contribution in [2.45, 2.75) is 12.8 Å². The molecule has 0 saturated carbocycles. The highest BCUT2D eigenvalue weighted by Crippen LogP contribution is 2.11. The van der Waals surface area contributed by atoms with Gasteiger partial charge in [-0.2, -0.15) is 0 Å². The number of hydrogen-bond acceptors (Lipinski definition) is 3. The molecule has 0 bridgehead atoms. The average Bonchev–Trinajstić information content (AvgIpc) is 2.41. The first-order valence-corrected chi connectivity index (χ1v) is 6.13. The third-order valence-electron chi connectivity index (χ3n) is 2.68. The molecule has 0 spiro atoms. The van der Waals surface area contributed by atoms with Crippen LogP contribution in [-0.2, 0) is 22.4 Å². The molecule has 0 unspecified atom stereocenters.